The third-order valence-corrected chi connectivity index (χ3v) is 2.56. The van der Waals surface area contributed by atoms with E-state index in [2.05, 4.69) is 13.0 Å². The van der Waals surface area contributed by atoms with E-state index in [-0.39, 0.29) is 0 Å². The fourth-order valence-electron chi connectivity index (χ4n) is 1.32. The molecule has 0 unspecified atom stereocenters. The van der Waals surface area contributed by atoms with Gasteiger partial charge >= 0.3 is 0 Å². The molecule has 2 heteroatoms. The van der Waals surface area contributed by atoms with Crippen molar-refractivity contribution in [3.05, 3.63) is 66.2 Å². The Hall–Kier alpha value is -1.96. The molecule has 19 heavy (non-hydrogen) atoms. The zero-order valence-electron chi connectivity index (χ0n) is 11.9. The molecule has 102 valence electrons. The van der Waals surface area contributed by atoms with Crippen molar-refractivity contribution in [1.29, 1.82) is 0 Å². The van der Waals surface area contributed by atoms with E-state index in [0.29, 0.717) is 6.61 Å². The molecule has 1 rings (SSSR count). The molecule has 1 aromatic rings. The smallest absolute Gasteiger partial charge is 0.126 e. The standard InChI is InChI=1S/C17H22O2/c1-4-6-7-8-13-18-17-11-9-16(10-12-17)14-19-15(3)5-2/h5-13H,4,14H2,1-3H3/b7-6-,13-8-,15-5-. The molecule has 1 aromatic carbocycles. The van der Waals surface area contributed by atoms with Gasteiger partial charge in [0.2, 0.25) is 0 Å². The molecular weight excluding hydrogens is 236 g/mol. The van der Waals surface area contributed by atoms with E-state index < -0.39 is 0 Å². The molecule has 0 aliphatic rings. The van der Waals surface area contributed by atoms with Crippen molar-refractivity contribution in [2.75, 3.05) is 0 Å². The summed E-state index contributed by atoms with van der Waals surface area (Å²) < 4.78 is 11.0. The SMILES string of the molecule is C/C=C(/C)OCc1ccc(O/C=C\C=C/CC)cc1. The van der Waals surface area contributed by atoms with Gasteiger partial charge in [-0.15, -0.1) is 0 Å². The Bertz CT molecular complexity index is 439. The first kappa shape index (κ1) is 15.1. The monoisotopic (exact) mass is 258 g/mol. The molecule has 0 bridgehead atoms. The van der Waals surface area contributed by atoms with Gasteiger partial charge in [0.15, 0.2) is 0 Å². The maximum Gasteiger partial charge on any atom is 0.126 e. The summed E-state index contributed by atoms with van der Waals surface area (Å²) in [7, 11) is 0. The molecule has 0 aliphatic heterocycles. The van der Waals surface area contributed by atoms with Crippen molar-refractivity contribution in [2.24, 2.45) is 0 Å². The lowest BCUT2D eigenvalue weighted by Crippen LogP contribution is -1.90. The van der Waals surface area contributed by atoms with Gasteiger partial charge in [-0.25, -0.2) is 0 Å². The Morgan fingerprint density at radius 3 is 2.53 bits per heavy atom. The minimum atomic E-state index is 0.589. The van der Waals surface area contributed by atoms with Gasteiger partial charge in [-0.05, 0) is 50.1 Å². The number of ether oxygens (including phenoxy) is 2. The summed E-state index contributed by atoms with van der Waals surface area (Å²) in [6.45, 7) is 6.60. The molecule has 2 nitrogen and oxygen atoms in total. The average Bonchev–Trinajstić information content (AvgIpc) is 2.45. The summed E-state index contributed by atoms with van der Waals surface area (Å²) >= 11 is 0. The summed E-state index contributed by atoms with van der Waals surface area (Å²) in [5.74, 6) is 1.76. The van der Waals surface area contributed by atoms with Crippen LogP contribution in [-0.4, -0.2) is 0 Å². The van der Waals surface area contributed by atoms with Gasteiger partial charge in [-0.1, -0.05) is 31.2 Å². The van der Waals surface area contributed by atoms with Crippen LogP contribution in [0.15, 0.2) is 60.6 Å². The molecule has 0 aliphatic carbocycles. The van der Waals surface area contributed by atoms with Crippen molar-refractivity contribution in [3.8, 4) is 5.75 Å². The summed E-state index contributed by atoms with van der Waals surface area (Å²) in [5.41, 5.74) is 1.13. The summed E-state index contributed by atoms with van der Waals surface area (Å²) in [6.07, 6.45) is 10.6. The third kappa shape index (κ3) is 6.51. The van der Waals surface area contributed by atoms with Crippen molar-refractivity contribution in [3.63, 3.8) is 0 Å². The molecule has 0 radical (unpaired) electrons. The molecular formula is C17H22O2. The molecule has 0 atom stereocenters. The molecule has 0 spiro atoms. The van der Waals surface area contributed by atoms with Crippen LogP contribution in [0.2, 0.25) is 0 Å². The Morgan fingerprint density at radius 2 is 1.89 bits per heavy atom. The summed E-state index contributed by atoms with van der Waals surface area (Å²) in [6, 6.07) is 7.90. The van der Waals surface area contributed by atoms with E-state index in [0.717, 1.165) is 23.5 Å². The van der Waals surface area contributed by atoms with Crippen LogP contribution in [0.1, 0.15) is 32.8 Å². The van der Waals surface area contributed by atoms with E-state index in [1.165, 1.54) is 0 Å². The second-order valence-corrected chi connectivity index (χ2v) is 4.11. The lowest BCUT2D eigenvalue weighted by molar-refractivity contribution is 0.200. The van der Waals surface area contributed by atoms with E-state index in [1.807, 2.05) is 56.3 Å². The van der Waals surface area contributed by atoms with Crippen molar-refractivity contribution in [1.82, 2.24) is 0 Å². The highest BCUT2D eigenvalue weighted by molar-refractivity contribution is 5.27. The van der Waals surface area contributed by atoms with Crippen molar-refractivity contribution < 1.29 is 9.47 Å². The van der Waals surface area contributed by atoms with Gasteiger partial charge < -0.3 is 9.47 Å². The van der Waals surface area contributed by atoms with Crippen LogP contribution in [0, 0.1) is 0 Å². The first-order chi connectivity index (χ1) is 9.26. The maximum atomic E-state index is 5.54. The molecule has 0 amide bonds. The topological polar surface area (TPSA) is 18.5 Å². The predicted octanol–water partition coefficient (Wildman–Crippen LogP) is 4.99. The van der Waals surface area contributed by atoms with Crippen LogP contribution in [-0.2, 0) is 11.3 Å². The Balaban J connectivity index is 2.43. The second-order valence-electron chi connectivity index (χ2n) is 4.11. The third-order valence-electron chi connectivity index (χ3n) is 2.56. The van der Waals surface area contributed by atoms with Gasteiger partial charge in [0, 0.05) is 0 Å². The number of hydrogen-bond acceptors (Lipinski definition) is 2. The fourth-order valence-corrected chi connectivity index (χ4v) is 1.32. The van der Waals surface area contributed by atoms with Gasteiger partial charge in [-0.2, -0.15) is 0 Å². The van der Waals surface area contributed by atoms with Gasteiger partial charge in [-0.3, -0.25) is 0 Å². The van der Waals surface area contributed by atoms with Gasteiger partial charge in [0.1, 0.15) is 12.4 Å². The van der Waals surface area contributed by atoms with Crippen LogP contribution >= 0.6 is 0 Å². The van der Waals surface area contributed by atoms with E-state index in [1.54, 1.807) is 6.26 Å². The molecule has 0 N–H and O–H groups in total. The Kier molecular flexibility index (Phi) is 7.18. The van der Waals surface area contributed by atoms with Crippen LogP contribution < -0.4 is 4.74 Å². The Labute approximate surface area is 116 Å². The first-order valence-electron chi connectivity index (χ1n) is 6.59. The zero-order valence-corrected chi connectivity index (χ0v) is 11.9. The van der Waals surface area contributed by atoms with Gasteiger partial charge in [0.05, 0.1) is 12.0 Å². The van der Waals surface area contributed by atoms with Crippen molar-refractivity contribution in [2.45, 2.75) is 33.8 Å². The molecule has 0 aromatic heterocycles. The van der Waals surface area contributed by atoms with Gasteiger partial charge in [0.25, 0.3) is 0 Å². The zero-order chi connectivity index (χ0) is 13.9. The normalized spacial score (nSPS) is 12.3. The largest absolute Gasteiger partial charge is 0.494 e. The van der Waals surface area contributed by atoms with E-state index >= 15 is 0 Å². The number of hydrogen-bond donors (Lipinski definition) is 0. The lowest BCUT2D eigenvalue weighted by Gasteiger charge is -2.06. The summed E-state index contributed by atoms with van der Waals surface area (Å²) in [5, 5.41) is 0. The highest BCUT2D eigenvalue weighted by Crippen LogP contribution is 2.14. The minimum absolute atomic E-state index is 0.589. The van der Waals surface area contributed by atoms with Crippen LogP contribution in [0.5, 0.6) is 5.75 Å². The highest BCUT2D eigenvalue weighted by Gasteiger charge is 1.95. The predicted molar refractivity (Wildman–Crippen MR) is 79.9 cm³/mol. The quantitative estimate of drug-likeness (QED) is 0.507. The number of rotatable bonds is 7. The minimum Gasteiger partial charge on any atom is -0.494 e. The van der Waals surface area contributed by atoms with Crippen LogP contribution in [0.25, 0.3) is 0 Å². The lowest BCUT2D eigenvalue weighted by atomic mass is 10.2. The molecule has 0 saturated heterocycles. The summed E-state index contributed by atoms with van der Waals surface area (Å²) in [4.78, 5) is 0. The van der Waals surface area contributed by atoms with Crippen LogP contribution in [0.3, 0.4) is 0 Å². The molecule has 0 heterocycles. The Morgan fingerprint density at radius 1 is 1.16 bits per heavy atom. The molecule has 0 fully saturated rings. The van der Waals surface area contributed by atoms with Crippen LogP contribution in [0.4, 0.5) is 0 Å². The fraction of sp³-hybridized carbons (Fsp3) is 0.294. The first-order valence-corrected chi connectivity index (χ1v) is 6.59. The van der Waals surface area contributed by atoms with E-state index in [4.69, 9.17) is 9.47 Å². The van der Waals surface area contributed by atoms with E-state index in [9.17, 15) is 0 Å². The number of benzene rings is 1. The average molecular weight is 258 g/mol. The van der Waals surface area contributed by atoms with Crippen molar-refractivity contribution >= 4 is 0 Å². The number of allylic oxidation sites excluding steroid dienone is 5. The second kappa shape index (κ2) is 9.03. The highest BCUT2D eigenvalue weighted by atomic mass is 16.5. The molecule has 0 saturated carbocycles. The maximum absolute atomic E-state index is 5.54.